The van der Waals surface area contributed by atoms with Crippen molar-refractivity contribution in [3.63, 3.8) is 0 Å². The third kappa shape index (κ3) is 1.03. The van der Waals surface area contributed by atoms with Crippen LogP contribution in [0.5, 0.6) is 0 Å². The van der Waals surface area contributed by atoms with Crippen molar-refractivity contribution in [2.24, 2.45) is 7.05 Å². The van der Waals surface area contributed by atoms with Gasteiger partial charge in [-0.2, -0.15) is 0 Å². The van der Waals surface area contributed by atoms with Crippen molar-refractivity contribution in [1.29, 1.82) is 0 Å². The fourth-order valence-electron chi connectivity index (χ4n) is 1.21. The highest BCUT2D eigenvalue weighted by Crippen LogP contribution is 2.23. The van der Waals surface area contributed by atoms with E-state index in [1.54, 1.807) is 6.33 Å². The van der Waals surface area contributed by atoms with Crippen LogP contribution in [0.25, 0.3) is 11.0 Å². The van der Waals surface area contributed by atoms with Crippen LogP contribution < -0.4 is 0 Å². The number of fused-ring (bicyclic) bond motifs is 1. The van der Waals surface area contributed by atoms with E-state index in [0.717, 1.165) is 9.99 Å². The molecule has 2 nitrogen and oxygen atoms in total. The Labute approximate surface area is 77.1 Å². The van der Waals surface area contributed by atoms with Gasteiger partial charge in [0.05, 0.1) is 17.4 Å². The van der Waals surface area contributed by atoms with Crippen LogP contribution in [0.15, 0.2) is 22.9 Å². The minimum Gasteiger partial charge on any atom is -0.333 e. The quantitative estimate of drug-likeness (QED) is 0.678. The fourth-order valence-corrected chi connectivity index (χ4v) is 1.91. The van der Waals surface area contributed by atoms with Gasteiger partial charge in [0.15, 0.2) is 0 Å². The topological polar surface area (TPSA) is 17.8 Å². The summed E-state index contributed by atoms with van der Waals surface area (Å²) >= 11 is 3.28. The normalized spacial score (nSPS) is 10.9. The van der Waals surface area contributed by atoms with Crippen molar-refractivity contribution >= 4 is 27.0 Å². The number of hydrogen-bond acceptors (Lipinski definition) is 1. The number of rotatable bonds is 0. The van der Waals surface area contributed by atoms with Crippen molar-refractivity contribution in [2.75, 3.05) is 0 Å². The molecule has 0 amide bonds. The summed E-state index contributed by atoms with van der Waals surface area (Å²) in [5, 5.41) is 0. The lowest BCUT2D eigenvalue weighted by Gasteiger charge is -1.97. The third-order valence-corrected chi connectivity index (χ3v) is 2.34. The van der Waals surface area contributed by atoms with Crippen LogP contribution in [0.2, 0.25) is 0 Å². The molecule has 0 saturated carbocycles. The van der Waals surface area contributed by atoms with Gasteiger partial charge in [0.25, 0.3) is 0 Å². The lowest BCUT2D eigenvalue weighted by molar-refractivity contribution is 0.628. The summed E-state index contributed by atoms with van der Waals surface area (Å²) in [7, 11) is 1.87. The van der Waals surface area contributed by atoms with Crippen LogP contribution in [0.4, 0.5) is 4.39 Å². The molecule has 1 heterocycles. The zero-order valence-electron chi connectivity index (χ0n) is 6.38. The molecular formula is C8H6BrFN2. The fraction of sp³-hybridized carbons (Fsp3) is 0.125. The molecule has 0 fully saturated rings. The minimum absolute atomic E-state index is 0.270. The number of imidazole rings is 1. The molecule has 0 saturated heterocycles. The summed E-state index contributed by atoms with van der Waals surface area (Å²) in [5.74, 6) is -0.270. The molecular weight excluding hydrogens is 223 g/mol. The molecule has 0 atom stereocenters. The molecule has 2 rings (SSSR count). The van der Waals surface area contributed by atoms with E-state index >= 15 is 0 Å². The molecule has 0 aliphatic rings. The first-order chi connectivity index (χ1) is 5.68. The molecule has 1 aromatic carbocycles. The maximum atomic E-state index is 12.8. The third-order valence-electron chi connectivity index (χ3n) is 1.73. The van der Waals surface area contributed by atoms with Gasteiger partial charge in [-0.3, -0.25) is 0 Å². The van der Waals surface area contributed by atoms with E-state index in [9.17, 15) is 4.39 Å². The monoisotopic (exact) mass is 228 g/mol. The maximum Gasteiger partial charge on any atom is 0.126 e. The molecule has 0 aliphatic carbocycles. The Hall–Kier alpha value is -0.900. The van der Waals surface area contributed by atoms with Crippen LogP contribution in [-0.4, -0.2) is 9.55 Å². The Morgan fingerprint density at radius 3 is 3.00 bits per heavy atom. The van der Waals surface area contributed by atoms with E-state index in [2.05, 4.69) is 20.9 Å². The first-order valence-electron chi connectivity index (χ1n) is 3.44. The van der Waals surface area contributed by atoms with Crippen molar-refractivity contribution in [3.8, 4) is 0 Å². The minimum atomic E-state index is -0.270. The van der Waals surface area contributed by atoms with Crippen molar-refractivity contribution in [2.45, 2.75) is 0 Å². The Balaban J connectivity index is 2.93. The molecule has 2 aromatic rings. The zero-order valence-corrected chi connectivity index (χ0v) is 7.97. The Bertz CT molecular complexity index is 436. The van der Waals surface area contributed by atoms with Gasteiger partial charge in [-0.25, -0.2) is 9.37 Å². The molecule has 0 bridgehead atoms. The van der Waals surface area contributed by atoms with Crippen LogP contribution in [0.3, 0.4) is 0 Å². The van der Waals surface area contributed by atoms with E-state index in [-0.39, 0.29) is 5.82 Å². The summed E-state index contributed by atoms with van der Waals surface area (Å²) in [6.45, 7) is 0. The first kappa shape index (κ1) is 7.73. The molecule has 12 heavy (non-hydrogen) atoms. The molecule has 0 N–H and O–H groups in total. The van der Waals surface area contributed by atoms with Gasteiger partial charge >= 0.3 is 0 Å². The van der Waals surface area contributed by atoms with Crippen LogP contribution in [0.1, 0.15) is 0 Å². The average molecular weight is 229 g/mol. The second kappa shape index (κ2) is 2.55. The Morgan fingerprint density at radius 1 is 1.50 bits per heavy atom. The van der Waals surface area contributed by atoms with E-state index in [0.29, 0.717) is 5.52 Å². The average Bonchev–Trinajstić information content (AvgIpc) is 2.31. The molecule has 0 unspecified atom stereocenters. The van der Waals surface area contributed by atoms with Gasteiger partial charge in [-0.05, 0) is 22.0 Å². The molecule has 0 aliphatic heterocycles. The SMILES string of the molecule is Cn1cnc2cc(F)cc(Br)c21. The number of halogens is 2. The molecule has 1 aromatic heterocycles. The largest absolute Gasteiger partial charge is 0.333 e. The standard InChI is InChI=1S/C8H6BrFN2/c1-12-4-11-7-3-5(10)2-6(9)8(7)12/h2-4H,1H3. The van der Waals surface area contributed by atoms with E-state index < -0.39 is 0 Å². The smallest absolute Gasteiger partial charge is 0.126 e. The summed E-state index contributed by atoms with van der Waals surface area (Å²) < 4.78 is 15.4. The predicted octanol–water partition coefficient (Wildman–Crippen LogP) is 2.47. The van der Waals surface area contributed by atoms with Crippen LogP contribution >= 0.6 is 15.9 Å². The summed E-state index contributed by atoms with van der Waals surface area (Å²) in [4.78, 5) is 4.03. The van der Waals surface area contributed by atoms with Gasteiger partial charge in [-0.15, -0.1) is 0 Å². The van der Waals surface area contributed by atoms with E-state index in [4.69, 9.17) is 0 Å². The summed E-state index contributed by atoms with van der Waals surface area (Å²) in [6.07, 6.45) is 1.66. The zero-order chi connectivity index (χ0) is 8.72. The van der Waals surface area contributed by atoms with Gasteiger partial charge in [0, 0.05) is 17.6 Å². The maximum absolute atomic E-state index is 12.8. The number of aryl methyl sites for hydroxylation is 1. The summed E-state index contributed by atoms with van der Waals surface area (Å²) in [6, 6.07) is 2.85. The van der Waals surface area contributed by atoms with Gasteiger partial charge in [-0.1, -0.05) is 0 Å². The highest BCUT2D eigenvalue weighted by Gasteiger charge is 2.05. The predicted molar refractivity (Wildman–Crippen MR) is 48.4 cm³/mol. The van der Waals surface area contributed by atoms with Crippen LogP contribution in [-0.2, 0) is 7.05 Å². The lowest BCUT2D eigenvalue weighted by atomic mass is 10.3. The van der Waals surface area contributed by atoms with Crippen molar-refractivity contribution < 1.29 is 4.39 Å². The van der Waals surface area contributed by atoms with Crippen molar-refractivity contribution in [3.05, 3.63) is 28.7 Å². The molecule has 0 radical (unpaired) electrons. The number of hydrogen-bond donors (Lipinski definition) is 0. The Kier molecular flexibility index (Phi) is 1.65. The van der Waals surface area contributed by atoms with Crippen LogP contribution in [0, 0.1) is 5.82 Å². The number of aromatic nitrogens is 2. The summed E-state index contributed by atoms with van der Waals surface area (Å²) in [5.41, 5.74) is 1.58. The van der Waals surface area contributed by atoms with Gasteiger partial charge in [0.1, 0.15) is 5.82 Å². The molecule has 0 spiro atoms. The van der Waals surface area contributed by atoms with Gasteiger partial charge < -0.3 is 4.57 Å². The van der Waals surface area contributed by atoms with Crippen molar-refractivity contribution in [1.82, 2.24) is 9.55 Å². The molecule has 62 valence electrons. The number of nitrogens with zero attached hydrogens (tertiary/aromatic N) is 2. The molecule has 4 heteroatoms. The second-order valence-corrected chi connectivity index (χ2v) is 3.47. The van der Waals surface area contributed by atoms with Gasteiger partial charge in [0.2, 0.25) is 0 Å². The Morgan fingerprint density at radius 2 is 2.25 bits per heavy atom. The van der Waals surface area contributed by atoms with E-state index in [1.165, 1.54) is 12.1 Å². The lowest BCUT2D eigenvalue weighted by Crippen LogP contribution is -1.85. The highest BCUT2D eigenvalue weighted by molar-refractivity contribution is 9.10. The van der Waals surface area contributed by atoms with E-state index in [1.807, 2.05) is 11.6 Å². The second-order valence-electron chi connectivity index (χ2n) is 2.61. The highest BCUT2D eigenvalue weighted by atomic mass is 79.9. The number of benzene rings is 1. The first-order valence-corrected chi connectivity index (χ1v) is 4.24.